The zero-order valence-electron chi connectivity index (χ0n) is 18.9. The van der Waals surface area contributed by atoms with Crippen LogP contribution in [0.5, 0.6) is 5.75 Å². The van der Waals surface area contributed by atoms with Crippen molar-refractivity contribution >= 4 is 0 Å². The molecule has 1 heterocycles. The summed E-state index contributed by atoms with van der Waals surface area (Å²) in [4.78, 5) is 2.41. The van der Waals surface area contributed by atoms with Gasteiger partial charge in [-0.1, -0.05) is 37.5 Å². The predicted octanol–water partition coefficient (Wildman–Crippen LogP) is 4.49. The van der Waals surface area contributed by atoms with Gasteiger partial charge in [-0.3, -0.25) is 4.90 Å². The van der Waals surface area contributed by atoms with Gasteiger partial charge in [-0.25, -0.2) is 0 Å². The normalized spacial score (nSPS) is 15.8. The predicted molar refractivity (Wildman–Crippen MR) is 125 cm³/mol. The van der Waals surface area contributed by atoms with Gasteiger partial charge in [0.15, 0.2) is 0 Å². The molecule has 1 fully saturated rings. The summed E-state index contributed by atoms with van der Waals surface area (Å²) >= 11 is 0. The van der Waals surface area contributed by atoms with Gasteiger partial charge in [-0.2, -0.15) is 0 Å². The molecule has 0 radical (unpaired) electrons. The Hall–Kier alpha value is -2.08. The maximum atomic E-state index is 10.5. The average molecular weight is 427 g/mol. The second kappa shape index (κ2) is 12.7. The van der Waals surface area contributed by atoms with Crippen LogP contribution < -0.4 is 4.74 Å². The van der Waals surface area contributed by atoms with Crippen molar-refractivity contribution in [2.45, 2.75) is 51.3 Å². The van der Waals surface area contributed by atoms with E-state index in [2.05, 4.69) is 46.5 Å². The van der Waals surface area contributed by atoms with Crippen LogP contribution >= 0.6 is 0 Å². The van der Waals surface area contributed by atoms with Gasteiger partial charge in [0.25, 0.3) is 0 Å². The lowest BCUT2D eigenvalue weighted by Crippen LogP contribution is -2.38. The lowest BCUT2D eigenvalue weighted by atomic mass is 9.89. The Kier molecular flexibility index (Phi) is 9.66. The minimum atomic E-state index is -0.495. The summed E-state index contributed by atoms with van der Waals surface area (Å²) in [6.45, 7) is 7.78. The van der Waals surface area contributed by atoms with Crippen molar-refractivity contribution < 1.29 is 14.6 Å². The molecule has 0 saturated heterocycles. The molecule has 0 aliphatic heterocycles. The number of aliphatic hydroxyl groups is 1. The number of ether oxygens (including phenoxy) is 2. The number of methoxy groups -OCH3 is 1. The quantitative estimate of drug-likeness (QED) is 0.379. The van der Waals surface area contributed by atoms with Crippen molar-refractivity contribution in [3.8, 4) is 5.75 Å². The first kappa shape index (κ1) is 23.6. The highest BCUT2D eigenvalue weighted by atomic mass is 16.5. The zero-order chi connectivity index (χ0) is 21.9. The fraction of sp³-hybridized carbons (Fsp3) is 0.538. The van der Waals surface area contributed by atoms with E-state index >= 15 is 0 Å². The van der Waals surface area contributed by atoms with Crippen LogP contribution in [0.1, 0.15) is 43.4 Å². The topological polar surface area (TPSA) is 46.9 Å². The Labute approximate surface area is 187 Å². The molecule has 0 spiro atoms. The molecule has 5 heteroatoms. The fourth-order valence-corrected chi connectivity index (χ4v) is 4.52. The van der Waals surface area contributed by atoms with E-state index in [9.17, 15) is 5.11 Å². The van der Waals surface area contributed by atoms with Crippen LogP contribution in [0.3, 0.4) is 0 Å². The smallest absolute Gasteiger partial charge is 0.119 e. The molecule has 170 valence electrons. The van der Waals surface area contributed by atoms with Crippen molar-refractivity contribution in [2.24, 2.45) is 5.92 Å². The van der Waals surface area contributed by atoms with Gasteiger partial charge >= 0.3 is 0 Å². The molecule has 0 unspecified atom stereocenters. The average Bonchev–Trinajstić information content (AvgIpc) is 3.21. The van der Waals surface area contributed by atoms with Crippen molar-refractivity contribution in [1.29, 1.82) is 0 Å². The van der Waals surface area contributed by atoms with Gasteiger partial charge in [0.2, 0.25) is 0 Å². The molecule has 0 bridgehead atoms. The molecule has 1 saturated carbocycles. The zero-order valence-corrected chi connectivity index (χ0v) is 18.9. The Morgan fingerprint density at radius 2 is 2.06 bits per heavy atom. The van der Waals surface area contributed by atoms with E-state index in [1.165, 1.54) is 43.4 Å². The first-order valence-electron chi connectivity index (χ1n) is 11.5. The van der Waals surface area contributed by atoms with Crippen LogP contribution in [-0.4, -0.2) is 54.1 Å². The van der Waals surface area contributed by atoms with Gasteiger partial charge in [-0.15, -0.1) is 6.58 Å². The highest BCUT2D eigenvalue weighted by molar-refractivity contribution is 5.29. The number of benzene rings is 1. The molecule has 2 aromatic rings. The third kappa shape index (κ3) is 7.84. The van der Waals surface area contributed by atoms with E-state index in [0.717, 1.165) is 31.3 Å². The van der Waals surface area contributed by atoms with E-state index < -0.39 is 6.10 Å². The van der Waals surface area contributed by atoms with Crippen molar-refractivity contribution in [1.82, 2.24) is 9.47 Å². The lowest BCUT2D eigenvalue weighted by molar-refractivity contribution is 0.0195. The second-order valence-electron chi connectivity index (χ2n) is 8.66. The summed E-state index contributed by atoms with van der Waals surface area (Å²) in [6, 6.07) is 12.5. The fourth-order valence-electron chi connectivity index (χ4n) is 4.52. The van der Waals surface area contributed by atoms with Gasteiger partial charge in [0, 0.05) is 38.1 Å². The first-order valence-corrected chi connectivity index (χ1v) is 11.5. The van der Waals surface area contributed by atoms with Gasteiger partial charge in [0.05, 0.1) is 26.4 Å². The molecular formula is C26H38N2O3. The molecule has 1 aromatic heterocycles. The highest BCUT2D eigenvalue weighted by Gasteiger charge is 2.20. The van der Waals surface area contributed by atoms with Gasteiger partial charge in [-0.05, 0) is 48.6 Å². The molecular weight excluding hydrogens is 388 g/mol. The molecule has 31 heavy (non-hydrogen) atoms. The SMILES string of the molecule is C=CCOC[C@H](O)CN(Cc1cccn1Cc1cccc(OC)c1)CC1CCCCC1. The molecule has 1 N–H and O–H groups in total. The number of hydrogen-bond donors (Lipinski definition) is 1. The second-order valence-corrected chi connectivity index (χ2v) is 8.66. The van der Waals surface area contributed by atoms with Crippen LogP contribution in [0.15, 0.2) is 55.3 Å². The minimum Gasteiger partial charge on any atom is -0.497 e. The molecule has 1 aliphatic rings. The first-order chi connectivity index (χ1) is 15.2. The Bertz CT molecular complexity index is 782. The Morgan fingerprint density at radius 3 is 2.84 bits per heavy atom. The van der Waals surface area contributed by atoms with Crippen LogP contribution in [0.25, 0.3) is 0 Å². The van der Waals surface area contributed by atoms with Crippen LogP contribution in [-0.2, 0) is 17.8 Å². The maximum absolute atomic E-state index is 10.5. The minimum absolute atomic E-state index is 0.345. The van der Waals surface area contributed by atoms with E-state index in [1.807, 2.05) is 12.1 Å². The summed E-state index contributed by atoms with van der Waals surface area (Å²) in [7, 11) is 1.70. The molecule has 1 atom stereocenters. The molecule has 0 amide bonds. The highest BCUT2D eigenvalue weighted by Crippen LogP contribution is 2.25. The van der Waals surface area contributed by atoms with Crippen LogP contribution in [0.2, 0.25) is 0 Å². The summed E-state index contributed by atoms with van der Waals surface area (Å²) in [5.41, 5.74) is 2.48. The van der Waals surface area contributed by atoms with Crippen molar-refractivity contribution in [3.63, 3.8) is 0 Å². The monoisotopic (exact) mass is 426 g/mol. The largest absolute Gasteiger partial charge is 0.497 e. The third-order valence-electron chi connectivity index (χ3n) is 6.05. The number of aliphatic hydroxyl groups excluding tert-OH is 1. The number of nitrogens with zero attached hydrogens (tertiary/aromatic N) is 2. The summed E-state index contributed by atoms with van der Waals surface area (Å²) in [6.07, 6.45) is 9.97. The maximum Gasteiger partial charge on any atom is 0.119 e. The number of aromatic nitrogens is 1. The summed E-state index contributed by atoms with van der Waals surface area (Å²) in [5.74, 6) is 1.60. The van der Waals surface area contributed by atoms with Crippen LogP contribution in [0.4, 0.5) is 0 Å². The molecule has 3 rings (SSSR count). The summed E-state index contributed by atoms with van der Waals surface area (Å²) in [5, 5.41) is 10.5. The van der Waals surface area contributed by atoms with Gasteiger partial charge in [0.1, 0.15) is 5.75 Å². The Morgan fingerprint density at radius 1 is 1.23 bits per heavy atom. The van der Waals surface area contributed by atoms with Gasteiger partial charge < -0.3 is 19.1 Å². The molecule has 1 aromatic carbocycles. The van der Waals surface area contributed by atoms with Crippen molar-refractivity contribution in [2.75, 3.05) is 33.4 Å². The summed E-state index contributed by atoms with van der Waals surface area (Å²) < 4.78 is 13.2. The van der Waals surface area contributed by atoms with E-state index in [-0.39, 0.29) is 0 Å². The standard InChI is InChI=1S/C26H38N2O3/c1-3-15-31-21-25(29)20-27(17-22-9-5-4-6-10-22)19-24-12-8-14-28(24)18-23-11-7-13-26(16-23)30-2/h3,7-8,11-14,16,22,25,29H,1,4-6,9-10,15,17-21H2,2H3/t25-/m1/s1. The Balaban J connectivity index is 1.66. The van der Waals surface area contributed by atoms with E-state index in [1.54, 1.807) is 13.2 Å². The lowest BCUT2D eigenvalue weighted by Gasteiger charge is -2.31. The molecule has 1 aliphatic carbocycles. The van der Waals surface area contributed by atoms with Crippen molar-refractivity contribution in [3.05, 3.63) is 66.5 Å². The third-order valence-corrected chi connectivity index (χ3v) is 6.05. The number of rotatable bonds is 13. The van der Waals surface area contributed by atoms with Crippen LogP contribution in [0, 0.1) is 5.92 Å². The number of hydrogen-bond acceptors (Lipinski definition) is 4. The van der Waals surface area contributed by atoms with E-state index in [4.69, 9.17) is 9.47 Å². The molecule has 5 nitrogen and oxygen atoms in total. The van der Waals surface area contributed by atoms with E-state index in [0.29, 0.717) is 19.8 Å².